The SMILES string of the molecule is CC(C)(C)c1ccc(C(O)c2ccc(Cl)s2)s1. The van der Waals surface area contributed by atoms with Crippen molar-refractivity contribution < 1.29 is 5.11 Å². The fourth-order valence-electron chi connectivity index (χ4n) is 1.52. The lowest BCUT2D eigenvalue weighted by Gasteiger charge is -2.15. The summed E-state index contributed by atoms with van der Waals surface area (Å²) in [6.07, 6.45) is -0.548. The molecule has 0 radical (unpaired) electrons. The minimum Gasteiger partial charge on any atom is -0.382 e. The largest absolute Gasteiger partial charge is 0.382 e. The molecule has 2 aromatic heterocycles. The van der Waals surface area contributed by atoms with E-state index in [-0.39, 0.29) is 5.41 Å². The summed E-state index contributed by atoms with van der Waals surface area (Å²) in [7, 11) is 0. The first-order chi connectivity index (χ1) is 7.88. The maximum atomic E-state index is 10.2. The second-order valence-electron chi connectivity index (χ2n) is 5.00. The first kappa shape index (κ1) is 13.1. The molecule has 2 aromatic rings. The quantitative estimate of drug-likeness (QED) is 0.837. The molecule has 0 amide bonds. The highest BCUT2D eigenvalue weighted by Gasteiger charge is 2.20. The second kappa shape index (κ2) is 4.73. The molecule has 1 nitrogen and oxygen atoms in total. The van der Waals surface area contributed by atoms with Crippen molar-refractivity contribution in [2.75, 3.05) is 0 Å². The lowest BCUT2D eigenvalue weighted by atomic mass is 9.95. The normalized spacial score (nSPS) is 13.9. The molecular formula is C13H15ClOS2. The second-order valence-corrected chi connectivity index (χ2v) is 7.86. The van der Waals surface area contributed by atoms with Crippen LogP contribution in [0.5, 0.6) is 0 Å². The fraction of sp³-hybridized carbons (Fsp3) is 0.385. The van der Waals surface area contributed by atoms with E-state index < -0.39 is 6.10 Å². The standard InChI is InChI=1S/C13H15ClOS2/c1-13(2,3)10-6-4-8(16-10)12(15)9-5-7-11(14)17-9/h4-7,12,15H,1-3H3. The van der Waals surface area contributed by atoms with Crippen molar-refractivity contribution in [2.45, 2.75) is 32.3 Å². The van der Waals surface area contributed by atoms with Gasteiger partial charge in [-0.1, -0.05) is 32.4 Å². The maximum absolute atomic E-state index is 10.2. The molecule has 4 heteroatoms. The summed E-state index contributed by atoms with van der Waals surface area (Å²) in [6, 6.07) is 7.80. The van der Waals surface area contributed by atoms with Crippen LogP contribution in [0.3, 0.4) is 0 Å². The van der Waals surface area contributed by atoms with Crippen molar-refractivity contribution in [3.63, 3.8) is 0 Å². The van der Waals surface area contributed by atoms with Gasteiger partial charge in [-0.25, -0.2) is 0 Å². The molecular weight excluding hydrogens is 272 g/mol. The Bertz CT molecular complexity index is 507. The Balaban J connectivity index is 2.26. The summed E-state index contributed by atoms with van der Waals surface area (Å²) in [5.74, 6) is 0. The van der Waals surface area contributed by atoms with Crippen LogP contribution < -0.4 is 0 Å². The third-order valence-corrected chi connectivity index (χ3v) is 5.35. The third kappa shape index (κ3) is 2.91. The zero-order chi connectivity index (χ0) is 12.6. The van der Waals surface area contributed by atoms with Crippen molar-refractivity contribution in [2.24, 2.45) is 0 Å². The lowest BCUT2D eigenvalue weighted by Crippen LogP contribution is -2.07. The maximum Gasteiger partial charge on any atom is 0.122 e. The van der Waals surface area contributed by atoms with Gasteiger partial charge in [-0.2, -0.15) is 0 Å². The summed E-state index contributed by atoms with van der Waals surface area (Å²) in [5, 5.41) is 10.2. The van der Waals surface area contributed by atoms with Gasteiger partial charge in [-0.15, -0.1) is 22.7 Å². The van der Waals surface area contributed by atoms with Gasteiger partial charge in [-0.05, 0) is 29.7 Å². The van der Waals surface area contributed by atoms with Gasteiger partial charge >= 0.3 is 0 Å². The molecule has 0 fully saturated rings. The number of aliphatic hydroxyl groups is 1. The summed E-state index contributed by atoms with van der Waals surface area (Å²) in [4.78, 5) is 3.17. The van der Waals surface area contributed by atoms with Crippen LogP contribution in [0.15, 0.2) is 24.3 Å². The molecule has 2 heterocycles. The van der Waals surface area contributed by atoms with Crippen molar-refractivity contribution in [3.05, 3.63) is 43.2 Å². The van der Waals surface area contributed by atoms with Crippen LogP contribution >= 0.6 is 34.3 Å². The summed E-state index contributed by atoms with van der Waals surface area (Å²) >= 11 is 8.98. The van der Waals surface area contributed by atoms with E-state index in [2.05, 4.69) is 26.8 Å². The Morgan fingerprint density at radius 3 is 2.12 bits per heavy atom. The third-order valence-electron chi connectivity index (χ3n) is 2.50. The zero-order valence-electron chi connectivity index (χ0n) is 10.0. The molecule has 0 spiro atoms. The first-order valence-corrected chi connectivity index (χ1v) is 7.42. The van der Waals surface area contributed by atoms with Crippen LogP contribution in [-0.4, -0.2) is 5.11 Å². The van der Waals surface area contributed by atoms with Crippen molar-refractivity contribution in [3.8, 4) is 0 Å². The molecule has 0 saturated heterocycles. The van der Waals surface area contributed by atoms with Gasteiger partial charge in [0.15, 0.2) is 0 Å². The number of hydrogen-bond donors (Lipinski definition) is 1. The Morgan fingerprint density at radius 1 is 1.06 bits per heavy atom. The minimum absolute atomic E-state index is 0.135. The van der Waals surface area contributed by atoms with Gasteiger partial charge in [-0.3, -0.25) is 0 Å². The van der Waals surface area contributed by atoms with E-state index in [0.717, 1.165) is 9.75 Å². The molecule has 1 N–H and O–H groups in total. The molecule has 0 aromatic carbocycles. The predicted octanol–water partition coefficient (Wildman–Crippen LogP) is 4.84. The van der Waals surface area contributed by atoms with E-state index in [1.54, 1.807) is 11.3 Å². The van der Waals surface area contributed by atoms with Gasteiger partial charge in [0.25, 0.3) is 0 Å². The van der Waals surface area contributed by atoms with Gasteiger partial charge in [0, 0.05) is 14.6 Å². The van der Waals surface area contributed by atoms with Crippen LogP contribution in [0.2, 0.25) is 4.34 Å². The smallest absolute Gasteiger partial charge is 0.122 e. The molecule has 0 aliphatic carbocycles. The van der Waals surface area contributed by atoms with Gasteiger partial charge < -0.3 is 5.11 Å². The topological polar surface area (TPSA) is 20.2 Å². The number of thiophene rings is 2. The molecule has 0 aliphatic heterocycles. The summed E-state index contributed by atoms with van der Waals surface area (Å²) in [5.41, 5.74) is 0.135. The number of halogens is 1. The average Bonchev–Trinajstić information content (AvgIpc) is 2.83. The van der Waals surface area contributed by atoms with Crippen LogP contribution in [0.4, 0.5) is 0 Å². The fourth-order valence-corrected chi connectivity index (χ4v) is 3.73. The van der Waals surface area contributed by atoms with Crippen LogP contribution in [0.25, 0.3) is 0 Å². The molecule has 2 rings (SSSR count). The Kier molecular flexibility index (Phi) is 3.64. The first-order valence-electron chi connectivity index (χ1n) is 5.41. The predicted molar refractivity (Wildman–Crippen MR) is 76.4 cm³/mol. The van der Waals surface area contributed by atoms with E-state index in [0.29, 0.717) is 4.34 Å². The molecule has 0 aliphatic rings. The van der Waals surface area contributed by atoms with E-state index in [1.807, 2.05) is 18.2 Å². The number of rotatable bonds is 2. The van der Waals surface area contributed by atoms with Crippen LogP contribution in [-0.2, 0) is 5.41 Å². The minimum atomic E-state index is -0.548. The van der Waals surface area contributed by atoms with E-state index >= 15 is 0 Å². The molecule has 1 unspecified atom stereocenters. The van der Waals surface area contributed by atoms with Crippen LogP contribution in [0, 0.1) is 0 Å². The highest BCUT2D eigenvalue weighted by Crippen LogP contribution is 2.37. The Labute approximate surface area is 115 Å². The van der Waals surface area contributed by atoms with Gasteiger partial charge in [0.05, 0.1) is 4.34 Å². The Hall–Kier alpha value is -0.350. The number of hydrogen-bond acceptors (Lipinski definition) is 3. The highest BCUT2D eigenvalue weighted by molar-refractivity contribution is 7.16. The van der Waals surface area contributed by atoms with Crippen molar-refractivity contribution in [1.29, 1.82) is 0 Å². The van der Waals surface area contributed by atoms with E-state index in [4.69, 9.17) is 11.6 Å². The van der Waals surface area contributed by atoms with Gasteiger partial charge in [0.2, 0.25) is 0 Å². The average molecular weight is 287 g/mol. The molecule has 1 atom stereocenters. The van der Waals surface area contributed by atoms with Gasteiger partial charge in [0.1, 0.15) is 6.10 Å². The summed E-state index contributed by atoms with van der Waals surface area (Å²) < 4.78 is 0.714. The molecule has 0 bridgehead atoms. The molecule has 17 heavy (non-hydrogen) atoms. The van der Waals surface area contributed by atoms with Crippen molar-refractivity contribution >= 4 is 34.3 Å². The molecule has 0 saturated carbocycles. The number of aliphatic hydroxyl groups excluding tert-OH is 1. The van der Waals surface area contributed by atoms with Crippen molar-refractivity contribution in [1.82, 2.24) is 0 Å². The van der Waals surface area contributed by atoms with E-state index in [1.165, 1.54) is 16.2 Å². The molecule has 92 valence electrons. The zero-order valence-corrected chi connectivity index (χ0v) is 12.4. The van der Waals surface area contributed by atoms with Crippen LogP contribution in [0.1, 0.15) is 41.5 Å². The Morgan fingerprint density at radius 2 is 1.65 bits per heavy atom. The summed E-state index contributed by atoms with van der Waals surface area (Å²) in [6.45, 7) is 6.53. The highest BCUT2D eigenvalue weighted by atomic mass is 35.5. The monoisotopic (exact) mass is 286 g/mol. The lowest BCUT2D eigenvalue weighted by molar-refractivity contribution is 0.228. The van der Waals surface area contributed by atoms with E-state index in [9.17, 15) is 5.11 Å².